The van der Waals surface area contributed by atoms with Crippen LogP contribution in [0.2, 0.25) is 5.02 Å². The van der Waals surface area contributed by atoms with E-state index in [1.807, 2.05) is 5.38 Å². The molecule has 8 heteroatoms. The van der Waals surface area contributed by atoms with Crippen molar-refractivity contribution < 1.29 is 18.3 Å². The first kappa shape index (κ1) is 15.7. The predicted octanol–water partition coefficient (Wildman–Crippen LogP) is 3.64. The van der Waals surface area contributed by atoms with Crippen molar-refractivity contribution in [2.45, 2.75) is 12.7 Å². The Labute approximate surface area is 128 Å². The molecule has 0 fully saturated rings. The molecule has 112 valence electrons. The van der Waals surface area contributed by atoms with Crippen LogP contribution in [-0.4, -0.2) is 12.5 Å². The maximum absolute atomic E-state index is 12.1. The average Bonchev–Trinajstić information content (AvgIpc) is 2.94. The van der Waals surface area contributed by atoms with E-state index >= 15 is 0 Å². The Bertz CT molecular complexity index is 623. The first-order chi connectivity index (χ1) is 9.97. The summed E-state index contributed by atoms with van der Waals surface area (Å²) in [5.74, 6) is -0.580. The van der Waals surface area contributed by atoms with Crippen molar-refractivity contribution >= 4 is 34.5 Å². The molecule has 0 bridgehead atoms. The smallest absolute Gasteiger partial charge is 0.387 e. The molecular weight excluding hydrogens is 322 g/mol. The topological polar surface area (TPSA) is 64.4 Å². The van der Waals surface area contributed by atoms with Gasteiger partial charge in [-0.3, -0.25) is 4.79 Å². The fourth-order valence-electron chi connectivity index (χ4n) is 1.59. The summed E-state index contributed by atoms with van der Waals surface area (Å²) in [6, 6.07) is 6.71. The number of anilines is 1. The minimum Gasteiger partial charge on any atom is -0.433 e. The zero-order valence-corrected chi connectivity index (χ0v) is 12.1. The van der Waals surface area contributed by atoms with Crippen molar-refractivity contribution in [2.24, 2.45) is 5.73 Å². The molecule has 1 amide bonds. The molecule has 3 N–H and O–H groups in total. The summed E-state index contributed by atoms with van der Waals surface area (Å²) in [4.78, 5) is 12.7. The first-order valence-corrected chi connectivity index (χ1v) is 7.07. The molecule has 2 rings (SSSR count). The zero-order valence-electron chi connectivity index (χ0n) is 10.6. The number of ether oxygens (including phenoxy) is 1. The highest BCUT2D eigenvalue weighted by Gasteiger charge is 2.17. The normalized spacial score (nSPS) is 12.2. The molecule has 0 radical (unpaired) electrons. The summed E-state index contributed by atoms with van der Waals surface area (Å²) in [5, 5.41) is 4.35. The number of hydrogen-bond acceptors (Lipinski definition) is 4. The van der Waals surface area contributed by atoms with E-state index in [1.54, 1.807) is 12.1 Å². The molecule has 1 unspecified atom stereocenters. The van der Waals surface area contributed by atoms with E-state index in [2.05, 4.69) is 10.1 Å². The second-order valence-electron chi connectivity index (χ2n) is 4.01. The summed E-state index contributed by atoms with van der Waals surface area (Å²) in [5.41, 5.74) is 6.15. The van der Waals surface area contributed by atoms with E-state index < -0.39 is 18.6 Å². The monoisotopic (exact) mass is 332 g/mol. The molecule has 0 aliphatic heterocycles. The van der Waals surface area contributed by atoms with Crippen molar-refractivity contribution in [1.82, 2.24) is 0 Å². The molecule has 1 aromatic heterocycles. The highest BCUT2D eigenvalue weighted by Crippen LogP contribution is 2.29. The van der Waals surface area contributed by atoms with Crippen LogP contribution in [0.1, 0.15) is 10.9 Å². The Hall–Kier alpha value is -1.70. The summed E-state index contributed by atoms with van der Waals surface area (Å²) in [6.07, 6.45) is 0. The summed E-state index contributed by atoms with van der Waals surface area (Å²) in [6.45, 7) is -2.96. The van der Waals surface area contributed by atoms with Crippen LogP contribution < -0.4 is 15.8 Å². The standard InChI is InChI=1S/C13H11ClF2N2O2S/c14-8-6-7(3-4-9(8)20-13(15)16)18-12(19)11(17)10-2-1-5-21-10/h1-6,11,13H,17H2,(H,18,19). The lowest BCUT2D eigenvalue weighted by Gasteiger charge is -2.12. The zero-order chi connectivity index (χ0) is 15.4. The van der Waals surface area contributed by atoms with Crippen LogP contribution in [0, 0.1) is 0 Å². The molecule has 1 aromatic carbocycles. The molecule has 0 aliphatic rings. The Kier molecular flexibility index (Phi) is 5.11. The van der Waals surface area contributed by atoms with Crippen molar-refractivity contribution in [3.05, 3.63) is 45.6 Å². The van der Waals surface area contributed by atoms with E-state index in [0.717, 1.165) is 4.88 Å². The number of benzene rings is 1. The lowest BCUT2D eigenvalue weighted by Crippen LogP contribution is -2.26. The fourth-order valence-corrected chi connectivity index (χ4v) is 2.54. The maximum atomic E-state index is 12.1. The Balaban J connectivity index is 2.06. The number of carbonyl (C=O) groups is 1. The Morgan fingerprint density at radius 3 is 2.71 bits per heavy atom. The first-order valence-electron chi connectivity index (χ1n) is 5.81. The highest BCUT2D eigenvalue weighted by molar-refractivity contribution is 7.10. The van der Waals surface area contributed by atoms with Crippen LogP contribution >= 0.6 is 22.9 Å². The molecule has 21 heavy (non-hydrogen) atoms. The van der Waals surface area contributed by atoms with Crippen LogP contribution in [0.4, 0.5) is 14.5 Å². The maximum Gasteiger partial charge on any atom is 0.387 e. The summed E-state index contributed by atoms with van der Waals surface area (Å²) < 4.78 is 28.4. The molecule has 0 spiro atoms. The van der Waals surface area contributed by atoms with Gasteiger partial charge in [0.2, 0.25) is 5.91 Å². The van der Waals surface area contributed by atoms with Crippen LogP contribution in [-0.2, 0) is 4.79 Å². The highest BCUT2D eigenvalue weighted by atomic mass is 35.5. The van der Waals surface area contributed by atoms with Gasteiger partial charge in [-0.15, -0.1) is 11.3 Å². The third kappa shape index (κ3) is 4.13. The van der Waals surface area contributed by atoms with Gasteiger partial charge in [0.05, 0.1) is 5.02 Å². The van der Waals surface area contributed by atoms with Gasteiger partial charge in [-0.05, 0) is 29.6 Å². The van der Waals surface area contributed by atoms with Gasteiger partial charge >= 0.3 is 6.61 Å². The van der Waals surface area contributed by atoms with Crippen LogP contribution in [0.5, 0.6) is 5.75 Å². The van der Waals surface area contributed by atoms with Gasteiger partial charge in [-0.2, -0.15) is 8.78 Å². The van der Waals surface area contributed by atoms with Crippen molar-refractivity contribution in [3.8, 4) is 5.75 Å². The third-order valence-electron chi connectivity index (χ3n) is 2.55. The number of amides is 1. The van der Waals surface area contributed by atoms with Crippen molar-refractivity contribution in [3.63, 3.8) is 0 Å². The van der Waals surface area contributed by atoms with Crippen molar-refractivity contribution in [1.29, 1.82) is 0 Å². The van der Waals surface area contributed by atoms with Gasteiger partial charge in [-0.25, -0.2) is 0 Å². The number of nitrogens with two attached hydrogens (primary N) is 1. The van der Waals surface area contributed by atoms with Crippen LogP contribution in [0.25, 0.3) is 0 Å². The number of carbonyl (C=O) groups excluding carboxylic acids is 1. The molecular formula is C13H11ClF2N2O2S. The molecule has 0 aliphatic carbocycles. The number of halogens is 3. The average molecular weight is 333 g/mol. The van der Waals surface area contributed by atoms with Gasteiger partial charge in [0, 0.05) is 10.6 Å². The number of nitrogens with one attached hydrogen (secondary N) is 1. The second-order valence-corrected chi connectivity index (χ2v) is 5.39. The Morgan fingerprint density at radius 2 is 2.14 bits per heavy atom. The predicted molar refractivity (Wildman–Crippen MR) is 78.0 cm³/mol. The quantitative estimate of drug-likeness (QED) is 0.878. The second kappa shape index (κ2) is 6.84. The van der Waals surface area contributed by atoms with Crippen LogP contribution in [0.3, 0.4) is 0 Å². The lowest BCUT2D eigenvalue weighted by atomic mass is 10.2. The van der Waals surface area contributed by atoms with Gasteiger partial charge in [0.25, 0.3) is 0 Å². The van der Waals surface area contributed by atoms with Gasteiger partial charge in [-0.1, -0.05) is 17.7 Å². The third-order valence-corrected chi connectivity index (χ3v) is 3.80. The van der Waals surface area contributed by atoms with Crippen LogP contribution in [0.15, 0.2) is 35.7 Å². The summed E-state index contributed by atoms with van der Waals surface area (Å²) in [7, 11) is 0. The number of rotatable bonds is 5. The van der Waals surface area contributed by atoms with E-state index in [9.17, 15) is 13.6 Å². The molecule has 0 saturated heterocycles. The number of alkyl halides is 2. The minimum atomic E-state index is -2.96. The SMILES string of the molecule is NC(C(=O)Nc1ccc(OC(F)F)c(Cl)c1)c1cccs1. The molecule has 1 atom stereocenters. The number of thiophene rings is 1. The lowest BCUT2D eigenvalue weighted by molar-refractivity contribution is -0.117. The summed E-state index contributed by atoms with van der Waals surface area (Å²) >= 11 is 7.16. The van der Waals surface area contributed by atoms with E-state index in [-0.39, 0.29) is 10.8 Å². The van der Waals surface area contributed by atoms with E-state index in [1.165, 1.54) is 29.5 Å². The molecule has 2 aromatic rings. The van der Waals surface area contributed by atoms with E-state index in [0.29, 0.717) is 5.69 Å². The Morgan fingerprint density at radius 1 is 1.38 bits per heavy atom. The van der Waals surface area contributed by atoms with Crippen molar-refractivity contribution in [2.75, 3.05) is 5.32 Å². The fraction of sp³-hybridized carbons (Fsp3) is 0.154. The van der Waals surface area contributed by atoms with E-state index in [4.69, 9.17) is 17.3 Å². The van der Waals surface area contributed by atoms with Gasteiger partial charge in [0.15, 0.2) is 0 Å². The largest absolute Gasteiger partial charge is 0.433 e. The molecule has 1 heterocycles. The van der Waals surface area contributed by atoms with Gasteiger partial charge in [0.1, 0.15) is 11.8 Å². The molecule has 0 saturated carbocycles. The number of hydrogen-bond donors (Lipinski definition) is 2. The minimum absolute atomic E-state index is 0.0298. The molecule has 4 nitrogen and oxygen atoms in total. The van der Waals surface area contributed by atoms with Gasteiger partial charge < -0.3 is 15.8 Å².